The van der Waals surface area contributed by atoms with E-state index >= 15 is 0 Å². The number of aromatic amines is 1. The molecular weight excluding hydrogens is 284 g/mol. The lowest BCUT2D eigenvalue weighted by molar-refractivity contribution is 0.374. The highest BCUT2D eigenvalue weighted by Gasteiger charge is 2.34. The zero-order chi connectivity index (χ0) is 15.7. The van der Waals surface area contributed by atoms with E-state index in [4.69, 9.17) is 15.2 Å². The van der Waals surface area contributed by atoms with Crippen LogP contribution in [0.4, 0.5) is 0 Å². The van der Waals surface area contributed by atoms with Crippen LogP contribution in [-0.2, 0) is 0 Å². The summed E-state index contributed by atoms with van der Waals surface area (Å²) in [5.74, 6) is 0.0111. The Kier molecular flexibility index (Phi) is 3.27. The molecule has 0 spiro atoms. The van der Waals surface area contributed by atoms with Crippen molar-refractivity contribution >= 4 is 0 Å². The van der Waals surface area contributed by atoms with Crippen molar-refractivity contribution in [3.05, 3.63) is 63.5 Å². The summed E-state index contributed by atoms with van der Waals surface area (Å²) >= 11 is 0. The predicted molar refractivity (Wildman–Crippen MR) is 77.1 cm³/mol. The summed E-state index contributed by atoms with van der Waals surface area (Å²) in [6.45, 7) is 0. The topological polar surface area (TPSA) is 114 Å². The van der Waals surface area contributed by atoms with Crippen molar-refractivity contribution in [2.24, 2.45) is 5.73 Å². The number of nitrogens with two attached hydrogens (primary N) is 1. The van der Waals surface area contributed by atoms with Crippen LogP contribution < -0.4 is 20.8 Å². The minimum absolute atomic E-state index is 0.0547. The zero-order valence-electron chi connectivity index (χ0n) is 11.7. The van der Waals surface area contributed by atoms with Gasteiger partial charge in [-0.2, -0.15) is 5.26 Å². The maximum Gasteiger partial charge on any atom is 0.258 e. The number of fused-ring (bicyclic) bond motifs is 1. The summed E-state index contributed by atoms with van der Waals surface area (Å²) in [6.07, 6.45) is 1.23. The van der Waals surface area contributed by atoms with Gasteiger partial charge in [0.1, 0.15) is 17.4 Å². The van der Waals surface area contributed by atoms with Gasteiger partial charge in [-0.05, 0) is 17.7 Å². The molecule has 22 heavy (non-hydrogen) atoms. The molecule has 1 aliphatic rings. The van der Waals surface area contributed by atoms with Gasteiger partial charge in [0.25, 0.3) is 5.56 Å². The van der Waals surface area contributed by atoms with Gasteiger partial charge in [-0.3, -0.25) is 4.79 Å². The number of H-pyrrole nitrogens is 1. The summed E-state index contributed by atoms with van der Waals surface area (Å²) in [4.78, 5) is 18.7. The summed E-state index contributed by atoms with van der Waals surface area (Å²) in [5.41, 5.74) is 6.54. The fourth-order valence-corrected chi connectivity index (χ4v) is 2.45. The lowest BCUT2D eigenvalue weighted by Crippen LogP contribution is -2.28. The molecule has 0 saturated carbocycles. The Bertz CT molecular complexity index is 864. The lowest BCUT2D eigenvalue weighted by Gasteiger charge is -2.24. The molecule has 7 nitrogen and oxygen atoms in total. The molecule has 0 fully saturated rings. The molecule has 0 aliphatic carbocycles. The van der Waals surface area contributed by atoms with Crippen LogP contribution in [0.15, 0.2) is 46.8 Å². The summed E-state index contributed by atoms with van der Waals surface area (Å²) in [5, 5.41) is 9.40. The highest BCUT2D eigenvalue weighted by Crippen LogP contribution is 2.39. The van der Waals surface area contributed by atoms with E-state index in [0.717, 1.165) is 0 Å². The van der Waals surface area contributed by atoms with Crippen LogP contribution in [0.25, 0.3) is 0 Å². The number of methoxy groups -OCH3 is 1. The molecule has 7 heteroatoms. The Morgan fingerprint density at radius 1 is 1.50 bits per heavy atom. The number of allylic oxidation sites excluding steroid dienone is 1. The second-order valence-corrected chi connectivity index (χ2v) is 4.65. The molecule has 3 N–H and O–H groups in total. The van der Waals surface area contributed by atoms with Gasteiger partial charge in [0.15, 0.2) is 0 Å². The standard InChI is InChI=1S/C15H12N4O3/c1-21-9-4-2-3-8(5-9)11-10(6-16)13(17)22-15-12(11)14(20)18-7-19-15/h2-5,7,11H,17H2,1H3,(H,18,19,20). The van der Waals surface area contributed by atoms with Gasteiger partial charge in [-0.15, -0.1) is 0 Å². The van der Waals surface area contributed by atoms with E-state index in [1.165, 1.54) is 6.33 Å². The molecule has 0 bridgehead atoms. The molecule has 1 aliphatic heterocycles. The first-order valence-corrected chi connectivity index (χ1v) is 6.44. The minimum atomic E-state index is -0.652. The van der Waals surface area contributed by atoms with Crippen LogP contribution >= 0.6 is 0 Å². The number of aromatic nitrogens is 2. The van der Waals surface area contributed by atoms with Crippen molar-refractivity contribution in [3.63, 3.8) is 0 Å². The normalized spacial score (nSPS) is 16.5. The second kappa shape index (κ2) is 5.26. The third-order valence-corrected chi connectivity index (χ3v) is 3.45. The van der Waals surface area contributed by atoms with Crippen LogP contribution in [-0.4, -0.2) is 17.1 Å². The molecule has 2 aromatic rings. The molecule has 3 rings (SSSR count). The molecular formula is C15H12N4O3. The Labute approximate surface area is 125 Å². The van der Waals surface area contributed by atoms with E-state index in [-0.39, 0.29) is 28.5 Å². The summed E-state index contributed by atoms with van der Waals surface area (Å²) < 4.78 is 10.5. The summed E-state index contributed by atoms with van der Waals surface area (Å²) in [7, 11) is 1.54. The van der Waals surface area contributed by atoms with Gasteiger partial charge in [0.2, 0.25) is 11.8 Å². The molecule has 0 radical (unpaired) electrons. The smallest absolute Gasteiger partial charge is 0.258 e. The van der Waals surface area contributed by atoms with E-state index in [2.05, 4.69) is 9.97 Å². The zero-order valence-corrected chi connectivity index (χ0v) is 11.7. The highest BCUT2D eigenvalue weighted by molar-refractivity contribution is 5.53. The van der Waals surface area contributed by atoms with Gasteiger partial charge in [0, 0.05) is 0 Å². The third kappa shape index (κ3) is 2.07. The molecule has 0 saturated heterocycles. The number of hydrogen-bond donors (Lipinski definition) is 2. The van der Waals surface area contributed by atoms with Crippen LogP contribution in [0.1, 0.15) is 17.0 Å². The van der Waals surface area contributed by atoms with Gasteiger partial charge in [0.05, 0.1) is 24.9 Å². The van der Waals surface area contributed by atoms with Crippen molar-refractivity contribution in [3.8, 4) is 17.7 Å². The van der Waals surface area contributed by atoms with E-state index in [9.17, 15) is 10.1 Å². The number of benzene rings is 1. The Morgan fingerprint density at radius 2 is 2.32 bits per heavy atom. The maximum absolute atomic E-state index is 12.2. The van der Waals surface area contributed by atoms with Crippen molar-refractivity contribution < 1.29 is 9.47 Å². The SMILES string of the molecule is COc1cccc(C2C(C#N)=C(N)Oc3nc[nH]c(=O)c32)c1. The van der Waals surface area contributed by atoms with Crippen molar-refractivity contribution in [2.75, 3.05) is 7.11 Å². The quantitative estimate of drug-likeness (QED) is 0.854. The number of ether oxygens (including phenoxy) is 2. The van der Waals surface area contributed by atoms with Crippen molar-refractivity contribution in [1.82, 2.24) is 9.97 Å². The first-order valence-electron chi connectivity index (χ1n) is 6.44. The molecule has 2 heterocycles. The second-order valence-electron chi connectivity index (χ2n) is 4.65. The van der Waals surface area contributed by atoms with Gasteiger partial charge >= 0.3 is 0 Å². The van der Waals surface area contributed by atoms with E-state index in [1.807, 2.05) is 6.07 Å². The average Bonchev–Trinajstić information content (AvgIpc) is 2.54. The van der Waals surface area contributed by atoms with Crippen molar-refractivity contribution in [2.45, 2.75) is 5.92 Å². The Morgan fingerprint density at radius 3 is 3.05 bits per heavy atom. The minimum Gasteiger partial charge on any atom is -0.497 e. The monoisotopic (exact) mass is 296 g/mol. The lowest BCUT2D eigenvalue weighted by atomic mass is 9.85. The molecule has 1 atom stereocenters. The van der Waals surface area contributed by atoms with Gasteiger partial charge in [-0.25, -0.2) is 4.98 Å². The molecule has 1 unspecified atom stereocenters. The summed E-state index contributed by atoms with van der Waals surface area (Å²) in [6, 6.07) is 9.10. The number of hydrogen-bond acceptors (Lipinski definition) is 6. The largest absolute Gasteiger partial charge is 0.497 e. The fourth-order valence-electron chi connectivity index (χ4n) is 2.45. The van der Waals surface area contributed by atoms with Crippen LogP contribution in [0, 0.1) is 11.3 Å². The van der Waals surface area contributed by atoms with Crippen LogP contribution in [0.5, 0.6) is 11.6 Å². The number of nitrogens with zero attached hydrogens (tertiary/aromatic N) is 2. The first kappa shape index (κ1) is 13.7. The number of nitrogens with one attached hydrogen (secondary N) is 1. The maximum atomic E-state index is 12.2. The number of rotatable bonds is 2. The van der Waals surface area contributed by atoms with E-state index < -0.39 is 5.92 Å². The predicted octanol–water partition coefficient (Wildman–Crippen LogP) is 0.997. The first-order chi connectivity index (χ1) is 10.7. The van der Waals surface area contributed by atoms with Crippen LogP contribution in [0.3, 0.4) is 0 Å². The highest BCUT2D eigenvalue weighted by atomic mass is 16.5. The van der Waals surface area contributed by atoms with E-state index in [0.29, 0.717) is 11.3 Å². The molecule has 110 valence electrons. The van der Waals surface area contributed by atoms with Gasteiger partial charge < -0.3 is 20.2 Å². The molecule has 0 amide bonds. The average molecular weight is 296 g/mol. The van der Waals surface area contributed by atoms with Gasteiger partial charge in [-0.1, -0.05) is 12.1 Å². The number of nitriles is 1. The third-order valence-electron chi connectivity index (χ3n) is 3.45. The molecule has 1 aromatic heterocycles. The van der Waals surface area contributed by atoms with Crippen molar-refractivity contribution in [1.29, 1.82) is 5.26 Å². The Hall–Kier alpha value is -3.27. The van der Waals surface area contributed by atoms with E-state index in [1.54, 1.807) is 31.4 Å². The Balaban J connectivity index is 2.28. The van der Waals surface area contributed by atoms with Crippen LogP contribution in [0.2, 0.25) is 0 Å². The molecule has 1 aromatic carbocycles. The fraction of sp³-hybridized carbons (Fsp3) is 0.133.